The van der Waals surface area contributed by atoms with Crippen LogP contribution in [0, 0.1) is 0 Å². The third kappa shape index (κ3) is 7.40. The maximum absolute atomic E-state index is 13.1. The first-order valence-electron chi connectivity index (χ1n) is 15.7. The van der Waals surface area contributed by atoms with Crippen molar-refractivity contribution in [3.63, 3.8) is 0 Å². The van der Waals surface area contributed by atoms with E-state index in [1.165, 1.54) is 79.3 Å². The molecule has 2 unspecified atom stereocenters. The molecule has 276 valence electrons. The molecule has 0 radical (unpaired) electrons. The number of hydrogen-bond acceptors (Lipinski definition) is 10. The highest BCUT2D eigenvalue weighted by Gasteiger charge is 2.50. The highest BCUT2D eigenvalue weighted by atomic mass is 19.3. The van der Waals surface area contributed by atoms with Gasteiger partial charge in [0.25, 0.3) is 11.8 Å². The van der Waals surface area contributed by atoms with Crippen molar-refractivity contribution in [1.82, 2.24) is 9.80 Å². The number of ether oxygens (including phenoxy) is 2. The minimum absolute atomic E-state index is 0.0165. The number of carbonyl (C=O) groups excluding carboxylic acids is 3. The second kappa shape index (κ2) is 14.9. The molecule has 3 amide bonds. The number of hydrogen-bond donors (Lipinski definition) is 4. The van der Waals surface area contributed by atoms with Gasteiger partial charge < -0.3 is 32.0 Å². The van der Waals surface area contributed by atoms with Crippen LogP contribution in [0.2, 0.25) is 0 Å². The van der Waals surface area contributed by atoms with Gasteiger partial charge in [0.1, 0.15) is 11.5 Å². The lowest BCUT2D eigenvalue weighted by Gasteiger charge is -2.26. The van der Waals surface area contributed by atoms with Gasteiger partial charge in [0.15, 0.2) is 23.0 Å². The molecule has 6 rings (SSSR count). The van der Waals surface area contributed by atoms with Gasteiger partial charge >= 0.3 is 13.2 Å². The first-order chi connectivity index (χ1) is 25.1. The van der Waals surface area contributed by atoms with E-state index in [4.69, 9.17) is 17.2 Å². The van der Waals surface area contributed by atoms with Crippen LogP contribution in [-0.2, 0) is 25.5 Å². The summed E-state index contributed by atoms with van der Waals surface area (Å²) >= 11 is 0. The van der Waals surface area contributed by atoms with Crippen LogP contribution in [0.4, 0.5) is 28.9 Å². The molecule has 0 spiro atoms. The fraction of sp³-hybridized carbons (Fsp3) is 0.194. The van der Waals surface area contributed by atoms with Crippen LogP contribution in [0.15, 0.2) is 107 Å². The van der Waals surface area contributed by atoms with Crippen molar-refractivity contribution in [3.8, 4) is 11.5 Å². The Hall–Kier alpha value is -6.65. The number of guanidine groups is 2. The molecule has 0 aliphatic carbocycles. The molecule has 17 heteroatoms. The van der Waals surface area contributed by atoms with Gasteiger partial charge in [-0.3, -0.25) is 24.2 Å². The standard InChI is InChI=1S/C19H18F2N4O3.C17H16F2N4O2/c1-11(26)23-14-5-3-4-13(10-14)19(16(27)25(2)18(22)24-19)12-6-8-15(9-7-12)28-17(20)21;1-23-14(24)17(22-16(23)21,11-3-2-4-12(20)9-11)10-5-7-13(8-6-10)25-15(18)19/h3-10,17H,1-2H3,(H2,22,24)(H,23,26);2-9,15H,20H2,1H3,(H2,21,22). The van der Waals surface area contributed by atoms with Gasteiger partial charge in [-0.15, -0.1) is 0 Å². The lowest BCUT2D eigenvalue weighted by atomic mass is 9.82. The zero-order chi connectivity index (χ0) is 38.7. The number of nitrogen functional groups attached to an aromatic ring is 1. The lowest BCUT2D eigenvalue weighted by Crippen LogP contribution is -2.41. The van der Waals surface area contributed by atoms with Crippen LogP contribution in [-0.4, -0.2) is 66.8 Å². The number of nitrogens with one attached hydrogen (secondary N) is 1. The van der Waals surface area contributed by atoms with E-state index in [9.17, 15) is 31.9 Å². The van der Waals surface area contributed by atoms with Crippen molar-refractivity contribution in [2.75, 3.05) is 25.1 Å². The zero-order valence-corrected chi connectivity index (χ0v) is 28.5. The number of alkyl halides is 4. The van der Waals surface area contributed by atoms with E-state index in [0.29, 0.717) is 33.6 Å². The van der Waals surface area contributed by atoms with Crippen LogP contribution in [0.25, 0.3) is 0 Å². The molecule has 4 aromatic rings. The van der Waals surface area contributed by atoms with Crippen molar-refractivity contribution < 1.29 is 41.4 Å². The number of amides is 3. The molecule has 53 heavy (non-hydrogen) atoms. The normalized spacial score (nSPS) is 19.5. The van der Waals surface area contributed by atoms with Gasteiger partial charge in [-0.25, -0.2) is 9.98 Å². The maximum Gasteiger partial charge on any atom is 0.387 e. The Morgan fingerprint density at radius 3 is 1.43 bits per heavy atom. The Kier molecular flexibility index (Phi) is 10.6. The number of benzene rings is 4. The number of anilines is 2. The summed E-state index contributed by atoms with van der Waals surface area (Å²) in [6.07, 6.45) is 0. The van der Waals surface area contributed by atoms with E-state index < -0.39 is 30.2 Å². The smallest absolute Gasteiger partial charge is 0.387 e. The largest absolute Gasteiger partial charge is 0.435 e. The van der Waals surface area contributed by atoms with Gasteiger partial charge in [0.2, 0.25) is 5.91 Å². The van der Waals surface area contributed by atoms with Crippen LogP contribution >= 0.6 is 0 Å². The molecule has 0 fully saturated rings. The highest BCUT2D eigenvalue weighted by molar-refractivity contribution is 6.10. The molecule has 2 atom stereocenters. The number of nitrogens with two attached hydrogens (primary N) is 3. The van der Waals surface area contributed by atoms with Crippen molar-refractivity contribution in [3.05, 3.63) is 119 Å². The molecule has 4 aromatic carbocycles. The van der Waals surface area contributed by atoms with Crippen molar-refractivity contribution in [2.45, 2.75) is 31.2 Å². The summed E-state index contributed by atoms with van der Waals surface area (Å²) < 4.78 is 58.2. The van der Waals surface area contributed by atoms with E-state index in [-0.39, 0.29) is 35.2 Å². The van der Waals surface area contributed by atoms with Crippen LogP contribution < -0.4 is 32.0 Å². The first-order valence-corrected chi connectivity index (χ1v) is 15.7. The van der Waals surface area contributed by atoms with E-state index in [1.807, 2.05) is 0 Å². The molecule has 2 aliphatic rings. The monoisotopic (exact) mass is 734 g/mol. The van der Waals surface area contributed by atoms with Crippen molar-refractivity contribution in [2.24, 2.45) is 21.5 Å². The third-order valence-corrected chi connectivity index (χ3v) is 8.38. The second-order valence-corrected chi connectivity index (χ2v) is 11.8. The molecule has 0 saturated carbocycles. The molecule has 7 N–H and O–H groups in total. The molecule has 0 saturated heterocycles. The van der Waals surface area contributed by atoms with E-state index in [2.05, 4.69) is 24.8 Å². The number of nitrogens with zero attached hydrogens (tertiary/aromatic N) is 4. The highest BCUT2D eigenvalue weighted by Crippen LogP contribution is 2.42. The molecule has 0 bridgehead atoms. The molecule has 2 aliphatic heterocycles. The summed E-state index contributed by atoms with van der Waals surface area (Å²) in [6.45, 7) is -4.52. The number of aliphatic imine (C=N–C) groups is 2. The topological polar surface area (TPSA) is 191 Å². The predicted octanol–water partition coefficient (Wildman–Crippen LogP) is 4.18. The Bertz CT molecular complexity index is 2080. The minimum atomic E-state index is -2.96. The molecule has 2 heterocycles. The van der Waals surface area contributed by atoms with Gasteiger partial charge in [-0.05, 0) is 70.8 Å². The number of likely N-dealkylation sites (N-methyl/N-ethyl adjacent to an activating group) is 2. The Morgan fingerprint density at radius 2 is 1.08 bits per heavy atom. The molecule has 13 nitrogen and oxygen atoms in total. The second-order valence-electron chi connectivity index (χ2n) is 11.8. The Labute approximate surface area is 300 Å². The molecular weight excluding hydrogens is 700 g/mol. The van der Waals surface area contributed by atoms with Gasteiger partial charge in [0, 0.05) is 32.4 Å². The SMILES string of the molecule is CC(=O)Nc1cccc(C2(c3ccc(OC(F)F)cc3)N=C(N)N(C)C2=O)c1.CN1C(=O)C(c2ccc(OC(F)F)cc2)(c2cccc(N)c2)N=C1N. The van der Waals surface area contributed by atoms with Crippen LogP contribution in [0.1, 0.15) is 29.2 Å². The summed E-state index contributed by atoms with van der Waals surface area (Å²) in [5.74, 6) is -1.03. The third-order valence-electron chi connectivity index (χ3n) is 8.38. The lowest BCUT2D eigenvalue weighted by molar-refractivity contribution is -0.130. The van der Waals surface area contributed by atoms with E-state index >= 15 is 0 Å². The van der Waals surface area contributed by atoms with Crippen LogP contribution in [0.5, 0.6) is 11.5 Å². The average molecular weight is 735 g/mol. The molecule has 0 aromatic heterocycles. The van der Waals surface area contributed by atoms with E-state index in [0.717, 1.165) is 0 Å². The fourth-order valence-corrected chi connectivity index (χ4v) is 5.91. The van der Waals surface area contributed by atoms with Crippen LogP contribution in [0.3, 0.4) is 0 Å². The van der Waals surface area contributed by atoms with Gasteiger partial charge in [-0.2, -0.15) is 17.6 Å². The zero-order valence-electron chi connectivity index (χ0n) is 28.5. The number of carbonyl (C=O) groups is 3. The quantitative estimate of drug-likeness (QED) is 0.145. The Morgan fingerprint density at radius 1 is 0.660 bits per heavy atom. The summed E-state index contributed by atoms with van der Waals surface area (Å²) in [6, 6.07) is 24.8. The fourth-order valence-electron chi connectivity index (χ4n) is 5.91. The van der Waals surface area contributed by atoms with E-state index in [1.54, 1.807) is 48.5 Å². The average Bonchev–Trinajstić information content (AvgIpc) is 3.48. The Balaban J connectivity index is 0.000000206. The predicted molar refractivity (Wildman–Crippen MR) is 188 cm³/mol. The minimum Gasteiger partial charge on any atom is -0.435 e. The molecular formula is C36H34F4N8O5. The summed E-state index contributed by atoms with van der Waals surface area (Å²) in [5.41, 5.74) is 17.5. The summed E-state index contributed by atoms with van der Waals surface area (Å²) in [4.78, 5) is 48.7. The summed E-state index contributed by atoms with van der Waals surface area (Å²) in [7, 11) is 3.01. The maximum atomic E-state index is 13.1. The number of halogens is 4. The van der Waals surface area contributed by atoms with Crippen molar-refractivity contribution in [1.29, 1.82) is 0 Å². The van der Waals surface area contributed by atoms with Gasteiger partial charge in [0.05, 0.1) is 0 Å². The summed E-state index contributed by atoms with van der Waals surface area (Å²) in [5, 5.41) is 2.66. The van der Waals surface area contributed by atoms with Gasteiger partial charge in [-0.1, -0.05) is 48.5 Å². The number of rotatable bonds is 9. The first kappa shape index (κ1) is 37.6. The van der Waals surface area contributed by atoms with Crippen molar-refractivity contribution >= 4 is 41.0 Å².